The molecule has 1 amide bonds. The molecule has 0 fully saturated rings. The molecule has 1 aromatic heterocycles. The van der Waals surface area contributed by atoms with E-state index in [0.29, 0.717) is 22.0 Å². The van der Waals surface area contributed by atoms with Gasteiger partial charge in [-0.1, -0.05) is 11.6 Å². The molecule has 0 atom stereocenters. The second kappa shape index (κ2) is 4.84. The van der Waals surface area contributed by atoms with Crippen molar-refractivity contribution in [1.29, 1.82) is 0 Å². The summed E-state index contributed by atoms with van der Waals surface area (Å²) in [6.45, 7) is 0. The summed E-state index contributed by atoms with van der Waals surface area (Å²) < 4.78 is 0. The number of carbonyl (C=O) groups excluding carboxylic acids is 1. The molecule has 5 heteroatoms. The highest BCUT2D eigenvalue weighted by Gasteiger charge is 2.06. The first-order valence-electron chi connectivity index (χ1n) is 4.93. The average Bonchev–Trinajstić information content (AvgIpc) is 2.35. The summed E-state index contributed by atoms with van der Waals surface area (Å²) >= 11 is 5.79. The maximum atomic E-state index is 11.8. The van der Waals surface area contributed by atoms with Crippen LogP contribution in [0.2, 0.25) is 5.02 Å². The normalized spacial score (nSPS) is 9.94. The molecule has 17 heavy (non-hydrogen) atoms. The Balaban J connectivity index is 2.16. The second-order valence-corrected chi connectivity index (χ2v) is 3.83. The second-order valence-electron chi connectivity index (χ2n) is 3.43. The summed E-state index contributed by atoms with van der Waals surface area (Å²) in [7, 11) is 0. The topological polar surface area (TPSA) is 68.0 Å². The van der Waals surface area contributed by atoms with Gasteiger partial charge in [-0.05, 0) is 30.3 Å². The fourth-order valence-corrected chi connectivity index (χ4v) is 1.45. The van der Waals surface area contributed by atoms with Gasteiger partial charge < -0.3 is 11.1 Å². The first-order chi connectivity index (χ1) is 8.16. The van der Waals surface area contributed by atoms with E-state index in [1.165, 1.54) is 0 Å². The van der Waals surface area contributed by atoms with Crippen LogP contribution < -0.4 is 11.1 Å². The molecule has 0 aliphatic heterocycles. The molecule has 0 saturated heterocycles. The van der Waals surface area contributed by atoms with Crippen molar-refractivity contribution in [3.05, 3.63) is 53.3 Å². The number of pyridine rings is 1. The van der Waals surface area contributed by atoms with Gasteiger partial charge in [-0.3, -0.25) is 9.78 Å². The zero-order chi connectivity index (χ0) is 12.3. The van der Waals surface area contributed by atoms with E-state index in [0.717, 1.165) is 0 Å². The first-order valence-corrected chi connectivity index (χ1v) is 5.31. The van der Waals surface area contributed by atoms with E-state index >= 15 is 0 Å². The standard InChI is InChI=1S/C12H10ClN3O/c13-10-2-1-9(7-11(10)14)16-12(17)8-3-5-15-6-4-8/h1-7H,14H2,(H,16,17). The number of nitrogens with two attached hydrogens (primary N) is 1. The molecule has 0 unspecified atom stereocenters. The lowest BCUT2D eigenvalue weighted by atomic mass is 10.2. The average molecular weight is 248 g/mol. The number of rotatable bonds is 2. The van der Waals surface area contributed by atoms with E-state index in [4.69, 9.17) is 17.3 Å². The van der Waals surface area contributed by atoms with Crippen LogP contribution >= 0.6 is 11.6 Å². The number of halogens is 1. The van der Waals surface area contributed by atoms with Crippen LogP contribution in [0.1, 0.15) is 10.4 Å². The molecule has 0 radical (unpaired) electrons. The largest absolute Gasteiger partial charge is 0.397 e. The van der Waals surface area contributed by atoms with Gasteiger partial charge in [-0.2, -0.15) is 0 Å². The Hall–Kier alpha value is -2.07. The van der Waals surface area contributed by atoms with Gasteiger partial charge in [0, 0.05) is 23.6 Å². The lowest BCUT2D eigenvalue weighted by Crippen LogP contribution is -2.11. The van der Waals surface area contributed by atoms with Crippen LogP contribution in [-0.2, 0) is 0 Å². The third-order valence-corrected chi connectivity index (χ3v) is 2.54. The molecule has 0 saturated carbocycles. The van der Waals surface area contributed by atoms with Crippen molar-refractivity contribution in [2.75, 3.05) is 11.1 Å². The molecule has 2 aromatic rings. The van der Waals surface area contributed by atoms with Crippen molar-refractivity contribution in [1.82, 2.24) is 4.98 Å². The van der Waals surface area contributed by atoms with Gasteiger partial charge >= 0.3 is 0 Å². The summed E-state index contributed by atoms with van der Waals surface area (Å²) in [6.07, 6.45) is 3.12. The van der Waals surface area contributed by atoms with Crippen LogP contribution in [-0.4, -0.2) is 10.9 Å². The zero-order valence-electron chi connectivity index (χ0n) is 8.85. The monoisotopic (exact) mass is 247 g/mol. The van der Waals surface area contributed by atoms with E-state index in [1.54, 1.807) is 42.7 Å². The van der Waals surface area contributed by atoms with Crippen molar-refractivity contribution in [2.45, 2.75) is 0 Å². The SMILES string of the molecule is Nc1cc(NC(=O)c2ccncc2)ccc1Cl. The number of nitrogens with zero attached hydrogens (tertiary/aromatic N) is 1. The number of aromatic nitrogens is 1. The fraction of sp³-hybridized carbons (Fsp3) is 0. The molecule has 1 aromatic carbocycles. The minimum atomic E-state index is -0.214. The molecule has 86 valence electrons. The lowest BCUT2D eigenvalue weighted by molar-refractivity contribution is 0.102. The van der Waals surface area contributed by atoms with Gasteiger partial charge in [0.2, 0.25) is 0 Å². The van der Waals surface area contributed by atoms with Crippen LogP contribution in [0, 0.1) is 0 Å². The number of carbonyl (C=O) groups is 1. The Labute approximate surface area is 103 Å². The molecule has 3 N–H and O–H groups in total. The van der Waals surface area contributed by atoms with Crippen molar-refractivity contribution in [3.63, 3.8) is 0 Å². The Kier molecular flexibility index (Phi) is 3.25. The predicted octanol–water partition coefficient (Wildman–Crippen LogP) is 2.57. The van der Waals surface area contributed by atoms with Gasteiger partial charge in [-0.25, -0.2) is 0 Å². The third-order valence-electron chi connectivity index (χ3n) is 2.20. The van der Waals surface area contributed by atoms with E-state index < -0.39 is 0 Å². The first kappa shape index (κ1) is 11.4. The molecule has 4 nitrogen and oxygen atoms in total. The Bertz CT molecular complexity index is 543. The molecule has 1 heterocycles. The highest BCUT2D eigenvalue weighted by molar-refractivity contribution is 6.33. The van der Waals surface area contributed by atoms with Crippen LogP contribution in [0.15, 0.2) is 42.7 Å². The van der Waals surface area contributed by atoms with E-state index in [1.807, 2.05) is 0 Å². The van der Waals surface area contributed by atoms with Gasteiger partial charge in [0.1, 0.15) is 0 Å². The summed E-state index contributed by atoms with van der Waals surface area (Å²) in [4.78, 5) is 15.6. The summed E-state index contributed by atoms with van der Waals surface area (Å²) in [6, 6.07) is 8.21. The Morgan fingerprint density at radius 2 is 1.94 bits per heavy atom. The molecule has 2 rings (SSSR count). The van der Waals surface area contributed by atoms with Gasteiger partial charge in [0.05, 0.1) is 10.7 Å². The van der Waals surface area contributed by atoms with Gasteiger partial charge in [0.25, 0.3) is 5.91 Å². The predicted molar refractivity (Wildman–Crippen MR) is 68.1 cm³/mol. The van der Waals surface area contributed by atoms with Crippen LogP contribution in [0.5, 0.6) is 0 Å². The number of hydrogen-bond acceptors (Lipinski definition) is 3. The van der Waals surface area contributed by atoms with E-state index in [2.05, 4.69) is 10.3 Å². The van der Waals surface area contributed by atoms with Crippen LogP contribution in [0.3, 0.4) is 0 Å². The fourth-order valence-electron chi connectivity index (χ4n) is 1.33. The molecule has 0 spiro atoms. The van der Waals surface area contributed by atoms with Crippen molar-refractivity contribution in [2.24, 2.45) is 0 Å². The molecule has 0 bridgehead atoms. The number of hydrogen-bond donors (Lipinski definition) is 2. The van der Waals surface area contributed by atoms with Crippen LogP contribution in [0.4, 0.5) is 11.4 Å². The lowest BCUT2D eigenvalue weighted by Gasteiger charge is -2.06. The summed E-state index contributed by atoms with van der Waals surface area (Å²) in [5.41, 5.74) is 7.21. The van der Waals surface area contributed by atoms with E-state index in [-0.39, 0.29) is 5.91 Å². The minimum absolute atomic E-state index is 0.214. The number of nitrogen functional groups attached to an aromatic ring is 1. The van der Waals surface area contributed by atoms with Gasteiger partial charge in [-0.15, -0.1) is 0 Å². The summed E-state index contributed by atoms with van der Waals surface area (Å²) in [5.74, 6) is -0.214. The third kappa shape index (κ3) is 2.73. The molecular formula is C12H10ClN3O. The summed E-state index contributed by atoms with van der Waals surface area (Å²) in [5, 5.41) is 3.19. The van der Waals surface area contributed by atoms with Crippen molar-refractivity contribution in [3.8, 4) is 0 Å². The minimum Gasteiger partial charge on any atom is -0.397 e. The number of anilines is 2. The maximum absolute atomic E-state index is 11.8. The van der Waals surface area contributed by atoms with Gasteiger partial charge in [0.15, 0.2) is 0 Å². The molecular weight excluding hydrogens is 238 g/mol. The van der Waals surface area contributed by atoms with E-state index in [9.17, 15) is 4.79 Å². The Morgan fingerprint density at radius 3 is 2.59 bits per heavy atom. The number of amides is 1. The smallest absolute Gasteiger partial charge is 0.255 e. The van der Waals surface area contributed by atoms with Crippen LogP contribution in [0.25, 0.3) is 0 Å². The quantitative estimate of drug-likeness (QED) is 0.802. The van der Waals surface area contributed by atoms with Crippen molar-refractivity contribution >= 4 is 28.9 Å². The maximum Gasteiger partial charge on any atom is 0.255 e. The number of benzene rings is 1. The number of nitrogens with one attached hydrogen (secondary N) is 1. The highest BCUT2D eigenvalue weighted by Crippen LogP contribution is 2.22. The zero-order valence-corrected chi connectivity index (χ0v) is 9.61. The Morgan fingerprint density at radius 1 is 1.24 bits per heavy atom. The molecule has 0 aliphatic rings. The molecule has 0 aliphatic carbocycles. The highest BCUT2D eigenvalue weighted by atomic mass is 35.5. The van der Waals surface area contributed by atoms with Crippen molar-refractivity contribution < 1.29 is 4.79 Å².